The van der Waals surface area contributed by atoms with Crippen LogP contribution in [0, 0.1) is 0 Å². The maximum absolute atomic E-state index is 12.1. The summed E-state index contributed by atoms with van der Waals surface area (Å²) in [6.07, 6.45) is 1.47. The van der Waals surface area contributed by atoms with Gasteiger partial charge in [-0.3, -0.25) is 14.8 Å². The van der Waals surface area contributed by atoms with Gasteiger partial charge in [-0.15, -0.1) is 0 Å². The molecule has 0 spiro atoms. The molecule has 7 nitrogen and oxygen atoms in total. The van der Waals surface area contributed by atoms with Gasteiger partial charge in [-0.2, -0.15) is 5.10 Å². The molecule has 0 saturated heterocycles. The van der Waals surface area contributed by atoms with Crippen LogP contribution in [0.5, 0.6) is 0 Å². The van der Waals surface area contributed by atoms with E-state index in [2.05, 4.69) is 10.4 Å². The van der Waals surface area contributed by atoms with Gasteiger partial charge in [-0.05, 0) is 57.0 Å². The Balaban J connectivity index is 1.78. The fraction of sp³-hybridized carbons (Fsp3) is 0.318. The molecule has 1 atom stereocenters. The molecule has 0 aliphatic rings. The minimum Gasteiger partial charge on any atom is -0.481 e. The van der Waals surface area contributed by atoms with Gasteiger partial charge in [0.1, 0.15) is 5.60 Å². The fourth-order valence-electron chi connectivity index (χ4n) is 3.18. The number of carbonyl (C=O) groups is 2. The first-order chi connectivity index (χ1) is 14.1. The summed E-state index contributed by atoms with van der Waals surface area (Å²) in [5, 5.41) is 18.1. The number of halogens is 1. The number of carboxylic acid groups (broad SMARTS) is 1. The first kappa shape index (κ1) is 21.6. The normalized spacial score (nSPS) is 12.5. The molecule has 8 heteroatoms. The van der Waals surface area contributed by atoms with Crippen LogP contribution in [0.25, 0.3) is 10.9 Å². The third kappa shape index (κ3) is 5.30. The summed E-state index contributed by atoms with van der Waals surface area (Å²) < 4.78 is 7.05. The molecule has 2 aromatic carbocycles. The Bertz CT molecular complexity index is 1050. The van der Waals surface area contributed by atoms with Crippen molar-refractivity contribution in [3.8, 4) is 0 Å². The number of carboxylic acids is 1. The number of ether oxygens (including phenoxy) is 1. The molecule has 0 radical (unpaired) electrons. The number of anilines is 1. The lowest BCUT2D eigenvalue weighted by Gasteiger charge is -2.19. The van der Waals surface area contributed by atoms with E-state index in [-0.39, 0.29) is 0 Å². The Morgan fingerprint density at radius 3 is 2.53 bits per heavy atom. The van der Waals surface area contributed by atoms with Crippen LogP contribution in [-0.2, 0) is 16.1 Å². The average Bonchev–Trinajstić information content (AvgIpc) is 3.06. The van der Waals surface area contributed by atoms with Gasteiger partial charge in [0.15, 0.2) is 0 Å². The summed E-state index contributed by atoms with van der Waals surface area (Å²) in [4.78, 5) is 23.9. The van der Waals surface area contributed by atoms with E-state index in [9.17, 15) is 14.7 Å². The van der Waals surface area contributed by atoms with Crippen molar-refractivity contribution in [2.24, 2.45) is 0 Å². The minimum absolute atomic E-state index is 0.359. The topological polar surface area (TPSA) is 93.5 Å². The number of benzene rings is 2. The largest absolute Gasteiger partial charge is 0.481 e. The van der Waals surface area contributed by atoms with Crippen LogP contribution >= 0.6 is 11.6 Å². The summed E-state index contributed by atoms with van der Waals surface area (Å²) in [5.41, 5.74) is 1.47. The summed E-state index contributed by atoms with van der Waals surface area (Å²) in [6.45, 7) is 5.79. The Kier molecular flexibility index (Phi) is 6.31. The van der Waals surface area contributed by atoms with Gasteiger partial charge in [-0.25, -0.2) is 4.79 Å². The molecule has 158 valence electrons. The van der Waals surface area contributed by atoms with E-state index in [0.29, 0.717) is 29.2 Å². The van der Waals surface area contributed by atoms with Crippen molar-refractivity contribution in [3.63, 3.8) is 0 Å². The van der Waals surface area contributed by atoms with E-state index < -0.39 is 23.6 Å². The average molecular weight is 430 g/mol. The molecule has 2 N–H and O–H groups in total. The van der Waals surface area contributed by atoms with Crippen LogP contribution in [-0.4, -0.2) is 32.6 Å². The van der Waals surface area contributed by atoms with Gasteiger partial charge in [-0.1, -0.05) is 29.8 Å². The van der Waals surface area contributed by atoms with Crippen molar-refractivity contribution in [2.45, 2.75) is 45.3 Å². The zero-order valence-corrected chi connectivity index (χ0v) is 17.8. The number of carbonyl (C=O) groups excluding carboxylic acids is 1. The van der Waals surface area contributed by atoms with Crippen LogP contribution in [0.3, 0.4) is 0 Å². The maximum Gasteiger partial charge on any atom is 0.412 e. The fourth-order valence-corrected chi connectivity index (χ4v) is 3.31. The maximum atomic E-state index is 12.1. The molecule has 0 saturated carbocycles. The first-order valence-corrected chi connectivity index (χ1v) is 9.94. The number of hydrogen-bond donors (Lipinski definition) is 2. The highest BCUT2D eigenvalue weighted by molar-refractivity contribution is 6.30. The number of amides is 1. The van der Waals surface area contributed by atoms with E-state index in [4.69, 9.17) is 16.3 Å². The number of aliphatic carboxylic acids is 1. The summed E-state index contributed by atoms with van der Waals surface area (Å²) in [7, 11) is 0. The molecule has 1 heterocycles. The number of aryl methyl sites for hydroxylation is 1. The Labute approximate surface area is 179 Å². The molecule has 3 rings (SSSR count). The standard InChI is InChI=1S/C22H24ClN3O4/c1-22(2,3)30-21(29)25-18-5-4-6-19-17(18)13-24-26(19)12-11-16(20(27)28)14-7-9-15(23)10-8-14/h4-10,13,16H,11-12H2,1-3H3,(H,25,29)(H,27,28). The van der Waals surface area contributed by atoms with Crippen molar-refractivity contribution < 1.29 is 19.4 Å². The number of nitrogens with one attached hydrogen (secondary N) is 1. The van der Waals surface area contributed by atoms with Crippen LogP contribution in [0.4, 0.5) is 10.5 Å². The zero-order valence-electron chi connectivity index (χ0n) is 17.1. The van der Waals surface area contributed by atoms with Gasteiger partial charge >= 0.3 is 12.1 Å². The highest BCUT2D eigenvalue weighted by Gasteiger charge is 2.21. The van der Waals surface area contributed by atoms with Gasteiger partial charge < -0.3 is 9.84 Å². The van der Waals surface area contributed by atoms with Gasteiger partial charge in [0.05, 0.1) is 23.3 Å². The molecular weight excluding hydrogens is 406 g/mol. The number of hydrogen-bond acceptors (Lipinski definition) is 4. The second kappa shape index (κ2) is 8.75. The lowest BCUT2D eigenvalue weighted by molar-refractivity contribution is -0.139. The number of aromatic nitrogens is 2. The molecular formula is C22H24ClN3O4. The molecule has 0 aliphatic heterocycles. The molecule has 1 amide bonds. The minimum atomic E-state index is -0.902. The third-order valence-corrected chi connectivity index (χ3v) is 4.78. The number of nitrogens with zero attached hydrogens (tertiary/aromatic N) is 2. The lowest BCUT2D eigenvalue weighted by atomic mass is 9.96. The molecule has 0 aliphatic carbocycles. The molecule has 0 bridgehead atoms. The van der Waals surface area contributed by atoms with Gasteiger partial charge in [0.25, 0.3) is 0 Å². The van der Waals surface area contributed by atoms with Crippen molar-refractivity contribution in [1.82, 2.24) is 9.78 Å². The Morgan fingerprint density at radius 2 is 1.90 bits per heavy atom. The SMILES string of the molecule is CC(C)(C)OC(=O)Nc1cccc2c1cnn2CCC(C(=O)O)c1ccc(Cl)cc1. The lowest BCUT2D eigenvalue weighted by Crippen LogP contribution is -2.27. The Morgan fingerprint density at radius 1 is 1.20 bits per heavy atom. The molecule has 3 aromatic rings. The van der Waals surface area contributed by atoms with Crippen LogP contribution in [0.15, 0.2) is 48.7 Å². The Hall–Kier alpha value is -3.06. The summed E-state index contributed by atoms with van der Waals surface area (Å²) in [6, 6.07) is 12.3. The van der Waals surface area contributed by atoms with Crippen molar-refractivity contribution in [3.05, 3.63) is 59.2 Å². The first-order valence-electron chi connectivity index (χ1n) is 9.57. The second-order valence-corrected chi connectivity index (χ2v) is 8.40. The smallest absolute Gasteiger partial charge is 0.412 e. The van der Waals surface area contributed by atoms with E-state index in [1.807, 2.05) is 6.07 Å². The number of rotatable bonds is 6. The monoisotopic (exact) mass is 429 g/mol. The van der Waals surface area contributed by atoms with Crippen LogP contribution < -0.4 is 5.32 Å². The highest BCUT2D eigenvalue weighted by atomic mass is 35.5. The summed E-state index contributed by atoms with van der Waals surface area (Å²) >= 11 is 5.91. The second-order valence-electron chi connectivity index (χ2n) is 7.96. The van der Waals surface area contributed by atoms with E-state index in [0.717, 1.165) is 10.9 Å². The third-order valence-electron chi connectivity index (χ3n) is 4.52. The van der Waals surface area contributed by atoms with Gasteiger partial charge in [0, 0.05) is 17.0 Å². The van der Waals surface area contributed by atoms with Crippen molar-refractivity contribution in [1.29, 1.82) is 0 Å². The predicted octanol–water partition coefficient (Wildman–Crippen LogP) is 5.30. The zero-order chi connectivity index (χ0) is 21.9. The van der Waals surface area contributed by atoms with E-state index in [1.165, 1.54) is 0 Å². The van der Waals surface area contributed by atoms with E-state index >= 15 is 0 Å². The van der Waals surface area contributed by atoms with Gasteiger partial charge in [0.2, 0.25) is 0 Å². The molecule has 1 aromatic heterocycles. The quantitative estimate of drug-likeness (QED) is 0.554. The van der Waals surface area contributed by atoms with Crippen molar-refractivity contribution >= 4 is 40.3 Å². The predicted molar refractivity (Wildman–Crippen MR) is 116 cm³/mol. The number of fused-ring (bicyclic) bond motifs is 1. The molecule has 0 fully saturated rings. The van der Waals surface area contributed by atoms with Crippen LogP contribution in [0.1, 0.15) is 38.7 Å². The highest BCUT2D eigenvalue weighted by Crippen LogP contribution is 2.27. The molecule has 1 unspecified atom stereocenters. The summed E-state index contributed by atoms with van der Waals surface area (Å²) in [5.74, 6) is -1.58. The van der Waals surface area contributed by atoms with Crippen LogP contribution in [0.2, 0.25) is 5.02 Å². The molecule has 30 heavy (non-hydrogen) atoms. The van der Waals surface area contributed by atoms with E-state index in [1.54, 1.807) is 68.0 Å². The van der Waals surface area contributed by atoms with Crippen molar-refractivity contribution in [2.75, 3.05) is 5.32 Å².